The molecule has 8 heteroatoms. The summed E-state index contributed by atoms with van der Waals surface area (Å²) in [4.78, 5) is 10.9. The molecule has 1 aliphatic rings. The Hall–Kier alpha value is -0.570. The van der Waals surface area contributed by atoms with Crippen LogP contribution in [0.2, 0.25) is 0 Å². The molecule has 0 aromatic carbocycles. The number of aromatic carboxylic acids is 1. The minimum Gasteiger partial charge on any atom is -0.477 e. The van der Waals surface area contributed by atoms with Gasteiger partial charge in [-0.1, -0.05) is 0 Å². The monoisotopic (exact) mass is 335 g/mol. The van der Waals surface area contributed by atoms with Gasteiger partial charge in [0.15, 0.2) is 0 Å². The average molecular weight is 335 g/mol. The Balaban J connectivity index is 2.14. The number of nitrogens with one attached hydrogen (secondary N) is 1. The molecule has 1 aromatic heterocycles. The van der Waals surface area contributed by atoms with E-state index in [9.17, 15) is 13.2 Å². The Morgan fingerprint density at radius 3 is 2.70 bits per heavy atom. The lowest BCUT2D eigenvalue weighted by Gasteiger charge is -2.21. The van der Waals surface area contributed by atoms with Crippen molar-refractivity contribution in [2.24, 2.45) is 5.92 Å². The zero-order chi connectivity index (χ0) is 14.8. The summed E-state index contributed by atoms with van der Waals surface area (Å²) in [5.41, 5.74) is 0.485. The van der Waals surface area contributed by atoms with Crippen molar-refractivity contribution in [1.29, 1.82) is 0 Å². The van der Waals surface area contributed by atoms with Crippen LogP contribution in [-0.4, -0.2) is 37.5 Å². The molecule has 20 heavy (non-hydrogen) atoms. The summed E-state index contributed by atoms with van der Waals surface area (Å²) in [6.45, 7) is 2.01. The SMILES string of the molecule is Cc1csc(C(=O)O)c1S(=O)(=O)NCC1CCSCC1. The van der Waals surface area contributed by atoms with E-state index in [1.807, 2.05) is 11.8 Å². The van der Waals surface area contributed by atoms with Crippen molar-refractivity contribution in [1.82, 2.24) is 4.72 Å². The van der Waals surface area contributed by atoms with Gasteiger partial charge in [-0.15, -0.1) is 11.3 Å². The fourth-order valence-corrected chi connectivity index (χ4v) is 6.11. The number of rotatable bonds is 5. The minimum atomic E-state index is -3.75. The summed E-state index contributed by atoms with van der Waals surface area (Å²) >= 11 is 2.84. The molecule has 5 nitrogen and oxygen atoms in total. The number of carbonyl (C=O) groups is 1. The van der Waals surface area contributed by atoms with E-state index in [-0.39, 0.29) is 9.77 Å². The Morgan fingerprint density at radius 2 is 2.10 bits per heavy atom. The lowest BCUT2D eigenvalue weighted by Crippen LogP contribution is -2.31. The zero-order valence-electron chi connectivity index (χ0n) is 11.1. The standard InChI is InChI=1S/C12H17NO4S3/c1-8-7-19-10(12(14)15)11(8)20(16,17)13-6-9-2-4-18-5-3-9/h7,9,13H,2-6H2,1H3,(H,14,15). The Morgan fingerprint density at radius 1 is 1.45 bits per heavy atom. The van der Waals surface area contributed by atoms with Gasteiger partial charge in [0.2, 0.25) is 10.0 Å². The highest BCUT2D eigenvalue weighted by molar-refractivity contribution is 7.99. The van der Waals surface area contributed by atoms with Crippen LogP contribution in [0.1, 0.15) is 28.1 Å². The third-order valence-electron chi connectivity index (χ3n) is 3.28. The van der Waals surface area contributed by atoms with Crippen LogP contribution in [0.4, 0.5) is 0 Å². The largest absolute Gasteiger partial charge is 0.477 e. The van der Waals surface area contributed by atoms with E-state index in [4.69, 9.17) is 5.11 Å². The molecule has 0 aliphatic carbocycles. The molecule has 2 heterocycles. The molecule has 0 amide bonds. The first-order chi connectivity index (χ1) is 9.42. The lowest BCUT2D eigenvalue weighted by atomic mass is 10.0. The highest BCUT2D eigenvalue weighted by Crippen LogP contribution is 2.27. The molecule has 0 saturated carbocycles. The van der Waals surface area contributed by atoms with Crippen molar-refractivity contribution >= 4 is 39.1 Å². The maximum absolute atomic E-state index is 12.3. The van der Waals surface area contributed by atoms with Crippen LogP contribution in [0.5, 0.6) is 0 Å². The van der Waals surface area contributed by atoms with Gasteiger partial charge in [0.25, 0.3) is 0 Å². The van der Waals surface area contributed by atoms with E-state index >= 15 is 0 Å². The molecule has 1 saturated heterocycles. The van der Waals surface area contributed by atoms with Crippen molar-refractivity contribution < 1.29 is 18.3 Å². The van der Waals surface area contributed by atoms with Gasteiger partial charge in [0.1, 0.15) is 9.77 Å². The molecule has 0 radical (unpaired) electrons. The van der Waals surface area contributed by atoms with Crippen LogP contribution in [-0.2, 0) is 10.0 Å². The summed E-state index contributed by atoms with van der Waals surface area (Å²) in [7, 11) is -3.75. The number of carboxylic acid groups (broad SMARTS) is 1. The van der Waals surface area contributed by atoms with Crippen LogP contribution < -0.4 is 4.72 Å². The van der Waals surface area contributed by atoms with Gasteiger partial charge in [-0.05, 0) is 48.1 Å². The van der Waals surface area contributed by atoms with E-state index in [2.05, 4.69) is 4.72 Å². The van der Waals surface area contributed by atoms with Gasteiger partial charge in [-0.3, -0.25) is 0 Å². The number of hydrogen-bond donors (Lipinski definition) is 2. The molecule has 0 unspecified atom stereocenters. The molecular formula is C12H17NO4S3. The number of sulfonamides is 1. The molecule has 112 valence electrons. The topological polar surface area (TPSA) is 83.5 Å². The van der Waals surface area contributed by atoms with E-state index in [0.717, 1.165) is 35.7 Å². The van der Waals surface area contributed by atoms with Crippen LogP contribution in [0, 0.1) is 12.8 Å². The maximum Gasteiger partial charge on any atom is 0.347 e. The van der Waals surface area contributed by atoms with E-state index < -0.39 is 16.0 Å². The Kier molecular flexibility index (Phi) is 5.11. The predicted octanol–water partition coefficient (Wildman–Crippen LogP) is 2.18. The van der Waals surface area contributed by atoms with E-state index in [1.54, 1.807) is 12.3 Å². The van der Waals surface area contributed by atoms with E-state index in [1.165, 1.54) is 0 Å². The fraction of sp³-hybridized carbons (Fsp3) is 0.583. The number of carboxylic acids is 1. The average Bonchev–Trinajstić information content (AvgIpc) is 2.81. The second-order valence-corrected chi connectivity index (χ2v) is 8.60. The first-order valence-electron chi connectivity index (χ1n) is 6.30. The van der Waals surface area contributed by atoms with Crippen molar-refractivity contribution in [3.8, 4) is 0 Å². The van der Waals surface area contributed by atoms with Crippen molar-refractivity contribution in [2.45, 2.75) is 24.7 Å². The van der Waals surface area contributed by atoms with Crippen LogP contribution in [0.3, 0.4) is 0 Å². The summed E-state index contributed by atoms with van der Waals surface area (Å²) in [5, 5.41) is 10.6. The molecule has 1 aliphatic heterocycles. The minimum absolute atomic E-state index is 0.0832. The number of aryl methyl sites for hydroxylation is 1. The molecular weight excluding hydrogens is 318 g/mol. The molecule has 1 aromatic rings. The third-order valence-corrected chi connectivity index (χ3v) is 7.16. The summed E-state index contributed by atoms with van der Waals surface area (Å²) < 4.78 is 27.2. The van der Waals surface area contributed by atoms with Crippen LogP contribution >= 0.6 is 23.1 Å². The molecule has 2 rings (SSSR count). The highest BCUT2D eigenvalue weighted by Gasteiger charge is 2.27. The highest BCUT2D eigenvalue weighted by atomic mass is 32.2. The zero-order valence-corrected chi connectivity index (χ0v) is 13.5. The molecule has 0 atom stereocenters. The normalized spacial score (nSPS) is 17.2. The Bertz CT molecular complexity index is 588. The first-order valence-corrected chi connectivity index (χ1v) is 9.82. The quantitative estimate of drug-likeness (QED) is 0.861. The molecule has 0 spiro atoms. The van der Waals surface area contributed by atoms with Crippen molar-refractivity contribution in [3.63, 3.8) is 0 Å². The number of thioether (sulfide) groups is 1. The Labute approximate surface area is 126 Å². The van der Waals surface area contributed by atoms with Gasteiger partial charge in [-0.25, -0.2) is 17.9 Å². The summed E-state index contributed by atoms with van der Waals surface area (Å²) in [5.74, 6) is 1.27. The van der Waals surface area contributed by atoms with Gasteiger partial charge >= 0.3 is 5.97 Å². The molecule has 2 N–H and O–H groups in total. The predicted molar refractivity (Wildman–Crippen MR) is 81.3 cm³/mol. The van der Waals surface area contributed by atoms with Gasteiger partial charge in [-0.2, -0.15) is 11.8 Å². The van der Waals surface area contributed by atoms with Crippen LogP contribution in [0.25, 0.3) is 0 Å². The van der Waals surface area contributed by atoms with Crippen molar-refractivity contribution in [2.75, 3.05) is 18.1 Å². The second kappa shape index (κ2) is 6.46. The maximum atomic E-state index is 12.3. The molecule has 1 fully saturated rings. The number of thiophene rings is 1. The third kappa shape index (κ3) is 3.55. The van der Waals surface area contributed by atoms with Gasteiger partial charge < -0.3 is 5.11 Å². The number of hydrogen-bond acceptors (Lipinski definition) is 5. The second-order valence-electron chi connectivity index (χ2n) is 4.79. The summed E-state index contributed by atoms with van der Waals surface area (Å²) in [6.07, 6.45) is 2.00. The first kappa shape index (κ1) is 15.8. The van der Waals surface area contributed by atoms with Gasteiger partial charge in [0, 0.05) is 6.54 Å². The summed E-state index contributed by atoms with van der Waals surface area (Å²) in [6, 6.07) is 0. The lowest BCUT2D eigenvalue weighted by molar-refractivity contribution is 0.0698. The molecule has 0 bridgehead atoms. The van der Waals surface area contributed by atoms with E-state index in [0.29, 0.717) is 18.0 Å². The van der Waals surface area contributed by atoms with Gasteiger partial charge in [0.05, 0.1) is 0 Å². The fourth-order valence-electron chi connectivity index (χ4n) is 2.17. The van der Waals surface area contributed by atoms with Crippen molar-refractivity contribution in [3.05, 3.63) is 15.8 Å². The van der Waals surface area contributed by atoms with Crippen LogP contribution in [0.15, 0.2) is 10.3 Å². The smallest absolute Gasteiger partial charge is 0.347 e.